The second kappa shape index (κ2) is 4.64. The van der Waals surface area contributed by atoms with Gasteiger partial charge in [0.15, 0.2) is 5.82 Å². The van der Waals surface area contributed by atoms with Crippen LogP contribution in [0.1, 0.15) is 5.56 Å². The average molecular weight is 407 g/mol. The second-order valence-corrected chi connectivity index (χ2v) is 6.62. The third kappa shape index (κ3) is 1.91. The largest absolute Gasteiger partial charge is 0.354 e. The Morgan fingerprint density at radius 3 is 2.71 bits per heavy atom. The fourth-order valence-electron chi connectivity index (χ4n) is 2.69. The van der Waals surface area contributed by atoms with E-state index in [0.29, 0.717) is 5.82 Å². The van der Waals surface area contributed by atoms with E-state index >= 15 is 0 Å². The van der Waals surface area contributed by atoms with Gasteiger partial charge < -0.3 is 4.98 Å². The first-order valence-electron chi connectivity index (χ1n) is 6.29. The highest BCUT2D eigenvalue weighted by Gasteiger charge is 2.16. The molecule has 0 atom stereocenters. The van der Waals surface area contributed by atoms with Crippen molar-refractivity contribution in [3.05, 3.63) is 38.8 Å². The highest BCUT2D eigenvalue weighted by Crippen LogP contribution is 2.38. The minimum Gasteiger partial charge on any atom is -0.354 e. The van der Waals surface area contributed by atoms with E-state index in [1.807, 2.05) is 6.07 Å². The van der Waals surface area contributed by atoms with E-state index in [-0.39, 0.29) is 0 Å². The molecule has 0 saturated heterocycles. The van der Waals surface area contributed by atoms with Gasteiger partial charge in [-0.15, -0.1) is 5.10 Å². The molecule has 0 unspecified atom stereocenters. The van der Waals surface area contributed by atoms with E-state index < -0.39 is 0 Å². The third-order valence-corrected chi connectivity index (χ3v) is 4.76. The predicted octanol–water partition coefficient (Wildman–Crippen LogP) is 4.33. The third-order valence-electron chi connectivity index (χ3n) is 3.64. The van der Waals surface area contributed by atoms with Crippen LogP contribution in [0.25, 0.3) is 33.2 Å². The van der Waals surface area contributed by atoms with Crippen molar-refractivity contribution in [3.8, 4) is 11.4 Å². The maximum atomic E-state index is 4.01. The maximum Gasteiger partial charge on any atom is 0.180 e. The standard InChI is InChI=1S/C14H9Br2N5/c1-6-12(14-18-20-21-19-14)10(16)5-9-8-4-7(15)2-3-11(8)17-13(6)9/h2-5,17H,1H3,(H,18,19,20,21). The first-order chi connectivity index (χ1) is 10.1. The number of halogens is 2. The summed E-state index contributed by atoms with van der Waals surface area (Å²) >= 11 is 7.17. The Balaban J connectivity index is 2.15. The minimum absolute atomic E-state index is 0.654. The van der Waals surface area contributed by atoms with E-state index in [1.54, 1.807) is 0 Å². The quantitative estimate of drug-likeness (QED) is 0.494. The van der Waals surface area contributed by atoms with Gasteiger partial charge in [-0.25, -0.2) is 5.10 Å². The molecule has 7 heteroatoms. The number of aromatic amines is 2. The number of benzene rings is 2. The maximum absolute atomic E-state index is 4.01. The highest BCUT2D eigenvalue weighted by atomic mass is 79.9. The van der Waals surface area contributed by atoms with Gasteiger partial charge in [0.05, 0.1) is 5.52 Å². The second-order valence-electron chi connectivity index (χ2n) is 4.85. The van der Waals surface area contributed by atoms with E-state index in [2.05, 4.69) is 82.6 Å². The lowest BCUT2D eigenvalue weighted by Gasteiger charge is -2.06. The molecule has 0 aliphatic rings. The molecule has 21 heavy (non-hydrogen) atoms. The number of tetrazole rings is 1. The van der Waals surface area contributed by atoms with E-state index in [9.17, 15) is 0 Å². The van der Waals surface area contributed by atoms with Gasteiger partial charge in [-0.1, -0.05) is 31.9 Å². The van der Waals surface area contributed by atoms with Gasteiger partial charge in [0.2, 0.25) is 0 Å². The van der Waals surface area contributed by atoms with Crippen molar-refractivity contribution in [2.45, 2.75) is 6.92 Å². The fourth-order valence-corrected chi connectivity index (χ4v) is 3.76. The van der Waals surface area contributed by atoms with Crippen LogP contribution in [-0.2, 0) is 0 Å². The summed E-state index contributed by atoms with van der Waals surface area (Å²) in [5.41, 5.74) is 4.28. The molecule has 0 aliphatic heterocycles. The lowest BCUT2D eigenvalue weighted by molar-refractivity contribution is 0.881. The van der Waals surface area contributed by atoms with Crippen LogP contribution in [0.2, 0.25) is 0 Å². The molecule has 2 N–H and O–H groups in total. The molecule has 0 aliphatic carbocycles. The summed E-state index contributed by atoms with van der Waals surface area (Å²) < 4.78 is 2.03. The Labute approximate surface area is 136 Å². The molecule has 0 amide bonds. The van der Waals surface area contributed by atoms with Gasteiger partial charge in [0.1, 0.15) is 0 Å². The number of nitrogens with one attached hydrogen (secondary N) is 2. The summed E-state index contributed by atoms with van der Waals surface area (Å²) in [5.74, 6) is 0.654. The normalized spacial score (nSPS) is 11.6. The Morgan fingerprint density at radius 1 is 1.10 bits per heavy atom. The van der Waals surface area contributed by atoms with Gasteiger partial charge in [-0.3, -0.25) is 0 Å². The van der Waals surface area contributed by atoms with Crippen LogP contribution in [-0.4, -0.2) is 25.6 Å². The fraction of sp³-hybridized carbons (Fsp3) is 0.0714. The van der Waals surface area contributed by atoms with Crippen LogP contribution in [0.5, 0.6) is 0 Å². The van der Waals surface area contributed by atoms with Gasteiger partial charge in [0, 0.05) is 30.8 Å². The lowest BCUT2D eigenvalue weighted by Crippen LogP contribution is -1.89. The highest BCUT2D eigenvalue weighted by molar-refractivity contribution is 9.10. The zero-order valence-electron chi connectivity index (χ0n) is 10.9. The molecule has 0 saturated carbocycles. The molecular formula is C14H9Br2N5. The summed E-state index contributed by atoms with van der Waals surface area (Å²) in [6.07, 6.45) is 0. The first-order valence-corrected chi connectivity index (χ1v) is 7.88. The first kappa shape index (κ1) is 13.0. The average Bonchev–Trinajstić information content (AvgIpc) is 3.07. The van der Waals surface area contributed by atoms with Crippen LogP contribution >= 0.6 is 31.9 Å². The van der Waals surface area contributed by atoms with Crippen molar-refractivity contribution in [1.29, 1.82) is 0 Å². The van der Waals surface area contributed by atoms with Gasteiger partial charge in [-0.2, -0.15) is 0 Å². The lowest BCUT2D eigenvalue weighted by atomic mass is 10.0. The molecule has 4 rings (SSSR count). The molecule has 2 heterocycles. The van der Waals surface area contributed by atoms with Crippen molar-refractivity contribution < 1.29 is 0 Å². The monoisotopic (exact) mass is 405 g/mol. The molecule has 4 aromatic rings. The van der Waals surface area contributed by atoms with Crippen molar-refractivity contribution in [3.63, 3.8) is 0 Å². The van der Waals surface area contributed by atoms with Crippen LogP contribution in [0.15, 0.2) is 33.2 Å². The zero-order chi connectivity index (χ0) is 14.6. The van der Waals surface area contributed by atoms with Gasteiger partial charge in [0.25, 0.3) is 0 Å². The molecule has 2 aromatic heterocycles. The molecule has 2 aromatic carbocycles. The van der Waals surface area contributed by atoms with Crippen LogP contribution < -0.4 is 0 Å². The van der Waals surface area contributed by atoms with Crippen LogP contribution in [0, 0.1) is 6.92 Å². The Bertz CT molecular complexity index is 972. The van der Waals surface area contributed by atoms with Gasteiger partial charge in [-0.05, 0) is 47.2 Å². The Kier molecular flexibility index (Phi) is 2.87. The molecule has 0 bridgehead atoms. The minimum atomic E-state index is 0.654. The summed E-state index contributed by atoms with van der Waals surface area (Å²) in [6, 6.07) is 8.33. The van der Waals surface area contributed by atoms with Crippen molar-refractivity contribution in [1.82, 2.24) is 25.6 Å². The Morgan fingerprint density at radius 2 is 1.95 bits per heavy atom. The number of fused-ring (bicyclic) bond motifs is 3. The molecule has 0 fully saturated rings. The van der Waals surface area contributed by atoms with Crippen molar-refractivity contribution >= 4 is 53.7 Å². The summed E-state index contributed by atoms with van der Waals surface area (Å²) in [5, 5.41) is 16.5. The molecule has 0 radical (unpaired) electrons. The number of rotatable bonds is 1. The van der Waals surface area contributed by atoms with E-state index in [4.69, 9.17) is 0 Å². The molecular weight excluding hydrogens is 398 g/mol. The number of hydrogen-bond acceptors (Lipinski definition) is 3. The summed E-state index contributed by atoms with van der Waals surface area (Å²) in [6.45, 7) is 2.06. The zero-order valence-corrected chi connectivity index (χ0v) is 14.1. The Hall–Kier alpha value is -1.73. The van der Waals surface area contributed by atoms with Crippen molar-refractivity contribution in [2.24, 2.45) is 0 Å². The van der Waals surface area contributed by atoms with Crippen molar-refractivity contribution in [2.75, 3.05) is 0 Å². The van der Waals surface area contributed by atoms with E-state index in [0.717, 1.165) is 31.1 Å². The molecule has 5 nitrogen and oxygen atoms in total. The number of hydrogen-bond donors (Lipinski definition) is 2. The predicted molar refractivity (Wildman–Crippen MR) is 89.1 cm³/mol. The topological polar surface area (TPSA) is 70.2 Å². The number of aryl methyl sites for hydroxylation is 1. The van der Waals surface area contributed by atoms with Crippen LogP contribution in [0.3, 0.4) is 0 Å². The van der Waals surface area contributed by atoms with Crippen LogP contribution in [0.4, 0.5) is 0 Å². The smallest absolute Gasteiger partial charge is 0.180 e. The molecule has 104 valence electrons. The number of aromatic nitrogens is 5. The summed E-state index contributed by atoms with van der Waals surface area (Å²) in [4.78, 5) is 3.48. The summed E-state index contributed by atoms with van der Waals surface area (Å²) in [7, 11) is 0. The number of nitrogens with zero attached hydrogens (tertiary/aromatic N) is 3. The van der Waals surface area contributed by atoms with Gasteiger partial charge >= 0.3 is 0 Å². The van der Waals surface area contributed by atoms with E-state index in [1.165, 1.54) is 10.8 Å². The molecule has 0 spiro atoms. The number of H-pyrrole nitrogens is 2. The SMILES string of the molecule is Cc1c(-c2nnn[nH]2)c(Br)cc2c1[nH]c1ccc(Br)cc12.